The van der Waals surface area contributed by atoms with Crippen LogP contribution in [-0.4, -0.2) is 57.4 Å². The van der Waals surface area contributed by atoms with Crippen molar-refractivity contribution in [1.29, 1.82) is 0 Å². The zero-order valence-corrected chi connectivity index (χ0v) is 33.6. The zero-order chi connectivity index (χ0) is 40.3. The molecule has 1 atom stereocenters. The maximum absolute atomic E-state index is 14.3. The molecule has 2 amide bonds. The number of esters is 1. The van der Waals surface area contributed by atoms with E-state index in [0.29, 0.717) is 46.7 Å². The number of hydrogen-bond acceptors (Lipinski definition) is 6. The van der Waals surface area contributed by atoms with Gasteiger partial charge < -0.3 is 19.7 Å². The van der Waals surface area contributed by atoms with Gasteiger partial charge in [-0.25, -0.2) is 14.3 Å². The zero-order valence-electron chi connectivity index (χ0n) is 32.9. The predicted octanol–water partition coefficient (Wildman–Crippen LogP) is 10.3. The Bertz CT molecular complexity index is 2290. The number of hydrogen-bond donors (Lipinski definition) is 1. The maximum Gasteiger partial charge on any atom is 0.410 e. The van der Waals surface area contributed by atoms with Crippen LogP contribution < -0.4 is 5.32 Å². The van der Waals surface area contributed by atoms with Crippen molar-refractivity contribution < 1.29 is 23.9 Å². The Morgan fingerprint density at radius 3 is 1.96 bits per heavy atom. The van der Waals surface area contributed by atoms with Gasteiger partial charge >= 0.3 is 12.1 Å². The van der Waals surface area contributed by atoms with E-state index in [2.05, 4.69) is 41.7 Å². The fraction of sp³-hybridized carbons (Fsp3) is 0.277. The van der Waals surface area contributed by atoms with Gasteiger partial charge in [0.25, 0.3) is 0 Å². The molecule has 57 heavy (non-hydrogen) atoms. The first-order chi connectivity index (χ1) is 27.3. The highest BCUT2D eigenvalue weighted by Crippen LogP contribution is 2.44. The van der Waals surface area contributed by atoms with Gasteiger partial charge in [-0.15, -0.1) is 0 Å². The topological polar surface area (TPSA) is 103 Å². The highest BCUT2D eigenvalue weighted by molar-refractivity contribution is 6.33. The van der Waals surface area contributed by atoms with Crippen LogP contribution in [0.25, 0.3) is 22.0 Å². The molecule has 292 valence electrons. The number of carbonyl (C=O) groups is 3. The smallest absolute Gasteiger partial charge is 0.410 e. The molecule has 1 aliphatic rings. The lowest BCUT2D eigenvalue weighted by molar-refractivity contribution is -0.121. The molecule has 0 aliphatic carbocycles. The molecular formula is C47H47ClN4O5. The van der Waals surface area contributed by atoms with Crippen molar-refractivity contribution in [3.63, 3.8) is 0 Å². The molecule has 0 spiro atoms. The molecule has 0 bridgehead atoms. The molecule has 1 N–H and O–H groups in total. The molecule has 9 nitrogen and oxygen atoms in total. The van der Waals surface area contributed by atoms with Gasteiger partial charge in [-0.05, 0) is 100 Å². The van der Waals surface area contributed by atoms with Crippen molar-refractivity contribution in [2.75, 3.05) is 18.4 Å². The molecule has 0 saturated carbocycles. The molecule has 6 aromatic rings. The standard InChI is InChI=1S/C47H47ClN4O5/c1-31(2)56-44(54)33-23-25-40(48)38(29-33)32-24-26-41-39(28-32)42(49-43(53)34-16-15-27-51(30-34)45(55)57-46(3,4)5)50-52(41)47(35-17-9-6-10-18-35,36-19-11-7-12-20-36)37-21-13-8-14-22-37/h6-14,17-26,28-29,31,34H,15-16,27,30H2,1-5H3,(H,49,50,53)/t34-/m1/s1. The second-order valence-corrected chi connectivity index (χ2v) is 16.1. The molecule has 0 radical (unpaired) electrons. The SMILES string of the molecule is CC(C)OC(=O)c1ccc(Cl)c(-c2ccc3c(c2)c(NC(=O)[C@@H]2CCCN(C(=O)OC(C)(C)C)C2)nn3C(c2ccccc2)(c2ccccc2)c2ccccc2)c1. The summed E-state index contributed by atoms with van der Waals surface area (Å²) in [5, 5.41) is 9.65. The molecule has 0 unspecified atom stereocenters. The molecule has 1 fully saturated rings. The van der Waals surface area contributed by atoms with Crippen molar-refractivity contribution in [3.8, 4) is 11.1 Å². The third-order valence-electron chi connectivity index (χ3n) is 10.1. The van der Waals surface area contributed by atoms with Crippen molar-refractivity contribution in [3.05, 3.63) is 155 Å². The Morgan fingerprint density at radius 2 is 1.40 bits per heavy atom. The van der Waals surface area contributed by atoms with Crippen LogP contribution in [0.4, 0.5) is 10.6 Å². The molecule has 10 heteroatoms. The van der Waals surface area contributed by atoms with E-state index >= 15 is 0 Å². The molecule has 1 aliphatic heterocycles. The van der Waals surface area contributed by atoms with Gasteiger partial charge in [0.1, 0.15) is 11.1 Å². The first-order valence-corrected chi connectivity index (χ1v) is 19.7. The first-order valence-electron chi connectivity index (χ1n) is 19.3. The lowest BCUT2D eigenvalue weighted by Gasteiger charge is -2.37. The van der Waals surface area contributed by atoms with E-state index < -0.39 is 29.1 Å². The van der Waals surface area contributed by atoms with Gasteiger partial charge in [0.15, 0.2) is 5.82 Å². The van der Waals surface area contributed by atoms with Crippen molar-refractivity contribution in [2.45, 2.75) is 64.7 Å². The summed E-state index contributed by atoms with van der Waals surface area (Å²) in [6, 6.07) is 41.6. The van der Waals surface area contributed by atoms with Crippen LogP contribution in [-0.2, 0) is 19.8 Å². The van der Waals surface area contributed by atoms with E-state index in [-0.39, 0.29) is 18.6 Å². The number of likely N-dealkylation sites (tertiary alicyclic amines) is 1. The first kappa shape index (κ1) is 39.3. The van der Waals surface area contributed by atoms with E-state index in [4.69, 9.17) is 26.2 Å². The van der Waals surface area contributed by atoms with E-state index in [1.54, 1.807) is 36.9 Å². The number of fused-ring (bicyclic) bond motifs is 1. The largest absolute Gasteiger partial charge is 0.459 e. The number of aromatic nitrogens is 2. The summed E-state index contributed by atoms with van der Waals surface area (Å²) in [4.78, 5) is 42.0. The maximum atomic E-state index is 14.3. The van der Waals surface area contributed by atoms with Gasteiger partial charge in [0, 0.05) is 29.1 Å². The second kappa shape index (κ2) is 16.3. The summed E-state index contributed by atoms with van der Waals surface area (Å²) in [5.41, 5.74) is 3.73. The number of halogens is 1. The number of ether oxygens (including phenoxy) is 2. The molecular weight excluding hydrogens is 736 g/mol. The van der Waals surface area contributed by atoms with E-state index in [9.17, 15) is 14.4 Å². The molecule has 2 heterocycles. The summed E-state index contributed by atoms with van der Waals surface area (Å²) < 4.78 is 13.1. The van der Waals surface area contributed by atoms with E-state index in [1.165, 1.54) is 0 Å². The van der Waals surface area contributed by atoms with Crippen LogP contribution >= 0.6 is 11.6 Å². The number of amides is 2. The quantitative estimate of drug-likeness (QED) is 0.116. The van der Waals surface area contributed by atoms with E-state index in [1.807, 2.05) is 98.2 Å². The van der Waals surface area contributed by atoms with Gasteiger partial charge in [-0.2, -0.15) is 5.10 Å². The third kappa shape index (κ3) is 8.16. The predicted molar refractivity (Wildman–Crippen MR) is 224 cm³/mol. The van der Waals surface area contributed by atoms with Crippen molar-refractivity contribution in [2.24, 2.45) is 5.92 Å². The summed E-state index contributed by atoms with van der Waals surface area (Å²) in [7, 11) is 0. The fourth-order valence-electron chi connectivity index (χ4n) is 7.60. The highest BCUT2D eigenvalue weighted by Gasteiger charge is 2.41. The fourth-order valence-corrected chi connectivity index (χ4v) is 7.82. The van der Waals surface area contributed by atoms with E-state index in [0.717, 1.165) is 27.8 Å². The summed E-state index contributed by atoms with van der Waals surface area (Å²) >= 11 is 6.83. The number of piperidine rings is 1. The van der Waals surface area contributed by atoms with Crippen LogP contribution in [0, 0.1) is 5.92 Å². The Labute approximate surface area is 338 Å². The molecule has 7 rings (SSSR count). The van der Waals surface area contributed by atoms with Crippen LogP contribution in [0.15, 0.2) is 127 Å². The third-order valence-corrected chi connectivity index (χ3v) is 10.4. The number of anilines is 1. The van der Waals surface area contributed by atoms with Gasteiger partial charge in [0.2, 0.25) is 5.91 Å². The summed E-state index contributed by atoms with van der Waals surface area (Å²) in [6.07, 6.45) is 0.536. The average Bonchev–Trinajstić information content (AvgIpc) is 3.56. The minimum absolute atomic E-state index is 0.224. The van der Waals surface area contributed by atoms with Crippen LogP contribution in [0.1, 0.15) is 74.5 Å². The minimum Gasteiger partial charge on any atom is -0.459 e. The molecule has 5 aromatic carbocycles. The lowest BCUT2D eigenvalue weighted by atomic mass is 9.77. The second-order valence-electron chi connectivity index (χ2n) is 15.7. The van der Waals surface area contributed by atoms with Gasteiger partial charge in [0.05, 0.1) is 23.1 Å². The van der Waals surface area contributed by atoms with Crippen LogP contribution in [0.3, 0.4) is 0 Å². The van der Waals surface area contributed by atoms with Gasteiger partial charge in [-0.1, -0.05) is 109 Å². The summed E-state index contributed by atoms with van der Waals surface area (Å²) in [6.45, 7) is 9.83. The van der Waals surface area contributed by atoms with Crippen molar-refractivity contribution >= 4 is 46.3 Å². The number of nitrogens with one attached hydrogen (secondary N) is 1. The molecule has 1 aromatic heterocycles. The molecule has 1 saturated heterocycles. The number of rotatable bonds is 9. The lowest BCUT2D eigenvalue weighted by Crippen LogP contribution is -2.45. The minimum atomic E-state index is -0.983. The van der Waals surface area contributed by atoms with Crippen molar-refractivity contribution in [1.82, 2.24) is 14.7 Å². The Balaban J connectivity index is 1.42. The summed E-state index contributed by atoms with van der Waals surface area (Å²) in [5.74, 6) is -0.836. The normalized spacial score (nSPS) is 14.7. The Hall–Kier alpha value is -5.93. The Kier molecular flexibility index (Phi) is 11.2. The number of carbonyl (C=O) groups excluding carboxylic acids is 3. The van der Waals surface area contributed by atoms with Gasteiger partial charge in [-0.3, -0.25) is 4.79 Å². The Morgan fingerprint density at radius 1 is 0.807 bits per heavy atom. The average molecular weight is 783 g/mol. The number of nitrogens with zero attached hydrogens (tertiary/aromatic N) is 3. The van der Waals surface area contributed by atoms with Crippen LogP contribution in [0.2, 0.25) is 5.02 Å². The highest BCUT2D eigenvalue weighted by atomic mass is 35.5. The number of benzene rings is 5. The van der Waals surface area contributed by atoms with Crippen LogP contribution in [0.5, 0.6) is 0 Å². The monoisotopic (exact) mass is 782 g/mol.